The minimum absolute atomic E-state index is 0.0808. The maximum atomic E-state index is 11.7. The molecule has 0 aliphatic carbocycles. The average Bonchev–Trinajstić information content (AvgIpc) is 3.17. The van der Waals surface area contributed by atoms with Crippen molar-refractivity contribution in [3.8, 4) is 5.75 Å². The third-order valence-corrected chi connectivity index (χ3v) is 3.95. The van der Waals surface area contributed by atoms with Crippen LogP contribution in [0.15, 0.2) is 47.9 Å². The van der Waals surface area contributed by atoms with E-state index >= 15 is 0 Å². The molecule has 0 radical (unpaired) electrons. The Balaban J connectivity index is 1.67. The largest absolute Gasteiger partial charge is 0.484 e. The first-order valence-corrected chi connectivity index (χ1v) is 8.71. The first-order chi connectivity index (χ1) is 12.9. The summed E-state index contributed by atoms with van der Waals surface area (Å²) in [5.41, 5.74) is 4.54. The number of thiophene rings is 1. The Hall–Kier alpha value is -3.31. The Morgan fingerprint density at radius 2 is 1.96 bits per heavy atom. The fourth-order valence-electron chi connectivity index (χ4n) is 1.70. The van der Waals surface area contributed by atoms with Crippen LogP contribution < -0.4 is 20.9 Å². The molecule has 2 amide bonds. The van der Waals surface area contributed by atoms with Crippen molar-refractivity contribution in [1.82, 2.24) is 16.2 Å². The third kappa shape index (κ3) is 7.22. The molecule has 27 heavy (non-hydrogen) atoms. The predicted molar refractivity (Wildman–Crippen MR) is 104 cm³/mol. The number of nitrogens with one attached hydrogen (secondary N) is 3. The lowest BCUT2D eigenvalue weighted by Gasteiger charge is -2.10. The molecule has 2 rings (SSSR count). The zero-order chi connectivity index (χ0) is 19.6. The second-order valence-electron chi connectivity index (χ2n) is 4.88. The highest BCUT2D eigenvalue weighted by molar-refractivity contribution is 7.80. The summed E-state index contributed by atoms with van der Waals surface area (Å²) in [5, 5.41) is 14.7. The summed E-state index contributed by atoms with van der Waals surface area (Å²) in [7, 11) is 0. The molecule has 0 spiro atoms. The van der Waals surface area contributed by atoms with Crippen molar-refractivity contribution in [2.45, 2.75) is 0 Å². The number of rotatable bonds is 6. The maximum absolute atomic E-state index is 11.7. The standard InChI is InChI=1S/C16H14N4O5S2/c21-14(8-7-13-2-1-9-27-13)17-16(26)19-18-15(22)10-25-12-5-3-11(4-6-12)20(23)24/h1-9H,10H2,(H,18,22)(H2,17,19,21,26)/b8-7+. The van der Waals surface area contributed by atoms with Crippen molar-refractivity contribution in [2.24, 2.45) is 0 Å². The van der Waals surface area contributed by atoms with Gasteiger partial charge in [0.15, 0.2) is 11.7 Å². The number of hydrogen-bond acceptors (Lipinski definition) is 7. The van der Waals surface area contributed by atoms with E-state index in [-0.39, 0.29) is 17.4 Å². The van der Waals surface area contributed by atoms with Crippen LogP contribution in [0.5, 0.6) is 5.75 Å². The van der Waals surface area contributed by atoms with E-state index < -0.39 is 16.7 Å². The van der Waals surface area contributed by atoms with Gasteiger partial charge in [0.05, 0.1) is 4.92 Å². The molecule has 0 aliphatic rings. The topological polar surface area (TPSA) is 123 Å². The van der Waals surface area contributed by atoms with E-state index in [1.807, 2.05) is 17.5 Å². The zero-order valence-corrected chi connectivity index (χ0v) is 15.3. The van der Waals surface area contributed by atoms with Gasteiger partial charge >= 0.3 is 0 Å². The summed E-state index contributed by atoms with van der Waals surface area (Å²) in [6.07, 6.45) is 2.96. The van der Waals surface area contributed by atoms with Gasteiger partial charge in [0.2, 0.25) is 5.91 Å². The lowest BCUT2D eigenvalue weighted by molar-refractivity contribution is -0.384. The fraction of sp³-hybridized carbons (Fsp3) is 0.0625. The molecule has 1 aromatic heterocycles. The zero-order valence-electron chi connectivity index (χ0n) is 13.7. The molecule has 0 aliphatic heterocycles. The molecular formula is C16H14N4O5S2. The van der Waals surface area contributed by atoms with E-state index in [4.69, 9.17) is 17.0 Å². The molecular weight excluding hydrogens is 392 g/mol. The fourth-order valence-corrected chi connectivity index (χ4v) is 2.47. The van der Waals surface area contributed by atoms with Crippen LogP contribution in [0.25, 0.3) is 6.08 Å². The van der Waals surface area contributed by atoms with E-state index in [0.29, 0.717) is 5.75 Å². The number of nitro groups is 1. The van der Waals surface area contributed by atoms with Crippen LogP contribution in [-0.2, 0) is 9.59 Å². The lowest BCUT2D eigenvalue weighted by Crippen LogP contribution is -2.49. The maximum Gasteiger partial charge on any atom is 0.276 e. The Kier molecular flexibility index (Phi) is 7.40. The Labute approximate surface area is 163 Å². The van der Waals surface area contributed by atoms with E-state index in [1.165, 1.54) is 41.7 Å². The van der Waals surface area contributed by atoms with Crippen LogP contribution in [0.4, 0.5) is 5.69 Å². The number of ether oxygens (including phenoxy) is 1. The smallest absolute Gasteiger partial charge is 0.276 e. The number of nitrogens with zero attached hydrogens (tertiary/aromatic N) is 1. The molecule has 0 fully saturated rings. The number of carbonyl (C=O) groups excluding carboxylic acids is 2. The number of non-ortho nitro benzene ring substituents is 1. The van der Waals surface area contributed by atoms with Crippen LogP contribution in [-0.4, -0.2) is 28.5 Å². The minimum atomic E-state index is -0.556. The Morgan fingerprint density at radius 1 is 1.22 bits per heavy atom. The quantitative estimate of drug-likeness (QED) is 0.289. The van der Waals surface area contributed by atoms with Crippen LogP contribution in [0.2, 0.25) is 0 Å². The Morgan fingerprint density at radius 3 is 2.59 bits per heavy atom. The van der Waals surface area contributed by atoms with Crippen molar-refractivity contribution < 1.29 is 19.2 Å². The summed E-state index contributed by atoms with van der Waals surface area (Å²) in [6, 6.07) is 9.01. The van der Waals surface area contributed by atoms with Gasteiger partial charge in [-0.15, -0.1) is 11.3 Å². The van der Waals surface area contributed by atoms with Crippen LogP contribution >= 0.6 is 23.6 Å². The highest BCUT2D eigenvalue weighted by Gasteiger charge is 2.07. The van der Waals surface area contributed by atoms with E-state index in [2.05, 4.69) is 16.2 Å². The number of nitro benzene ring substituents is 1. The number of hydrazine groups is 1. The van der Waals surface area contributed by atoms with Crippen molar-refractivity contribution in [3.63, 3.8) is 0 Å². The third-order valence-electron chi connectivity index (χ3n) is 2.91. The van der Waals surface area contributed by atoms with Crippen LogP contribution in [0.1, 0.15) is 4.88 Å². The molecule has 3 N–H and O–H groups in total. The number of benzene rings is 1. The van der Waals surface area contributed by atoms with Gasteiger partial charge in [0, 0.05) is 23.1 Å². The monoisotopic (exact) mass is 406 g/mol. The molecule has 0 unspecified atom stereocenters. The van der Waals surface area contributed by atoms with E-state index in [0.717, 1.165) is 4.88 Å². The highest BCUT2D eigenvalue weighted by atomic mass is 32.1. The SMILES string of the molecule is O=C(/C=C/c1cccs1)NC(=S)NNC(=O)COc1ccc([N+](=O)[O-])cc1. The number of amides is 2. The normalized spacial score (nSPS) is 10.2. The van der Waals surface area contributed by atoms with Crippen LogP contribution in [0, 0.1) is 10.1 Å². The van der Waals surface area contributed by atoms with Gasteiger partial charge in [0.1, 0.15) is 5.75 Å². The van der Waals surface area contributed by atoms with Gasteiger partial charge in [-0.1, -0.05) is 6.07 Å². The second kappa shape index (κ2) is 9.99. The van der Waals surface area contributed by atoms with Gasteiger partial charge in [-0.25, -0.2) is 0 Å². The number of carbonyl (C=O) groups is 2. The minimum Gasteiger partial charge on any atom is -0.484 e. The summed E-state index contributed by atoms with van der Waals surface area (Å²) in [5.74, 6) is -0.707. The average molecular weight is 406 g/mol. The molecule has 9 nitrogen and oxygen atoms in total. The molecule has 0 atom stereocenters. The van der Waals surface area contributed by atoms with E-state index in [1.54, 1.807) is 6.08 Å². The highest BCUT2D eigenvalue weighted by Crippen LogP contribution is 2.17. The first kappa shape index (κ1) is 20.0. The predicted octanol–water partition coefficient (Wildman–Crippen LogP) is 1.77. The van der Waals surface area contributed by atoms with Crippen molar-refractivity contribution in [1.29, 1.82) is 0 Å². The number of hydrogen-bond donors (Lipinski definition) is 3. The second-order valence-corrected chi connectivity index (χ2v) is 6.27. The molecule has 11 heteroatoms. The van der Waals surface area contributed by atoms with Gasteiger partial charge < -0.3 is 4.74 Å². The molecule has 140 valence electrons. The van der Waals surface area contributed by atoms with Crippen molar-refractivity contribution in [3.05, 3.63) is 62.8 Å². The van der Waals surface area contributed by atoms with Gasteiger partial charge in [-0.3, -0.25) is 35.9 Å². The van der Waals surface area contributed by atoms with Crippen LogP contribution in [0.3, 0.4) is 0 Å². The van der Waals surface area contributed by atoms with Crippen molar-refractivity contribution in [2.75, 3.05) is 6.61 Å². The first-order valence-electron chi connectivity index (χ1n) is 7.42. The van der Waals surface area contributed by atoms with E-state index in [9.17, 15) is 19.7 Å². The lowest BCUT2D eigenvalue weighted by atomic mass is 10.3. The molecule has 2 aromatic rings. The molecule has 0 bridgehead atoms. The van der Waals surface area contributed by atoms with Gasteiger partial charge in [-0.2, -0.15) is 0 Å². The summed E-state index contributed by atoms with van der Waals surface area (Å²) in [4.78, 5) is 34.3. The van der Waals surface area contributed by atoms with Gasteiger partial charge in [0.25, 0.3) is 11.6 Å². The molecule has 1 aromatic carbocycles. The summed E-state index contributed by atoms with van der Waals surface area (Å²) < 4.78 is 5.18. The number of thiocarbonyl (C=S) groups is 1. The Bertz CT molecular complexity index is 850. The van der Waals surface area contributed by atoms with Gasteiger partial charge in [-0.05, 0) is 41.9 Å². The summed E-state index contributed by atoms with van der Waals surface area (Å²) >= 11 is 6.37. The molecule has 0 saturated heterocycles. The summed E-state index contributed by atoms with van der Waals surface area (Å²) in [6.45, 7) is -0.348. The molecule has 0 saturated carbocycles. The van der Waals surface area contributed by atoms with Crippen molar-refractivity contribution >= 4 is 52.2 Å². The molecule has 1 heterocycles.